The van der Waals surface area contributed by atoms with Gasteiger partial charge in [-0.25, -0.2) is 0 Å². The molecule has 0 aliphatic carbocycles. The van der Waals surface area contributed by atoms with Gasteiger partial charge in [-0.2, -0.15) is 0 Å². The zero-order valence-corrected chi connectivity index (χ0v) is 10.6. The predicted octanol–water partition coefficient (Wildman–Crippen LogP) is 2.65. The Hall–Kier alpha value is -0.580. The van der Waals surface area contributed by atoms with Crippen molar-refractivity contribution in [1.29, 1.82) is 0 Å². The molecule has 84 valence electrons. The molecule has 0 saturated heterocycles. The van der Waals surface area contributed by atoms with Crippen LogP contribution in [-0.4, -0.2) is 11.1 Å². The van der Waals surface area contributed by atoms with Gasteiger partial charge >= 0.3 is 5.97 Å². The number of hydrogen-bond donors (Lipinski definition) is 2. The minimum absolute atomic E-state index is 0. The SMILES string of the molecule is Cc1cc(Br)cc([C@@H](N)CC(=O)O)c1.Cl. The number of carbonyl (C=O) groups is 1. The van der Waals surface area contributed by atoms with Gasteiger partial charge in [-0.05, 0) is 30.2 Å². The lowest BCUT2D eigenvalue weighted by Gasteiger charge is -2.10. The first-order valence-electron chi connectivity index (χ1n) is 4.23. The van der Waals surface area contributed by atoms with E-state index in [1.54, 1.807) is 0 Å². The molecule has 15 heavy (non-hydrogen) atoms. The van der Waals surface area contributed by atoms with Crippen molar-refractivity contribution < 1.29 is 9.90 Å². The highest BCUT2D eigenvalue weighted by atomic mass is 79.9. The Morgan fingerprint density at radius 1 is 1.53 bits per heavy atom. The fourth-order valence-electron chi connectivity index (χ4n) is 1.28. The molecule has 1 rings (SSSR count). The minimum atomic E-state index is -0.880. The van der Waals surface area contributed by atoms with Crippen LogP contribution in [0, 0.1) is 6.92 Å². The molecule has 0 unspecified atom stereocenters. The van der Waals surface area contributed by atoms with Gasteiger partial charge in [-0.15, -0.1) is 12.4 Å². The molecule has 3 nitrogen and oxygen atoms in total. The summed E-state index contributed by atoms with van der Waals surface area (Å²) in [5.74, 6) is -0.880. The average molecular weight is 295 g/mol. The van der Waals surface area contributed by atoms with Crippen molar-refractivity contribution in [2.24, 2.45) is 5.73 Å². The molecule has 0 heterocycles. The molecular formula is C10H13BrClNO2. The molecule has 0 fully saturated rings. The summed E-state index contributed by atoms with van der Waals surface area (Å²) in [6, 6.07) is 5.26. The maximum atomic E-state index is 10.5. The van der Waals surface area contributed by atoms with Crippen molar-refractivity contribution >= 4 is 34.3 Å². The number of halogens is 2. The Balaban J connectivity index is 0.00000196. The van der Waals surface area contributed by atoms with Gasteiger partial charge in [0.2, 0.25) is 0 Å². The Kier molecular flexibility index (Phi) is 5.87. The van der Waals surface area contributed by atoms with E-state index in [2.05, 4.69) is 15.9 Å². The molecule has 5 heteroatoms. The van der Waals surface area contributed by atoms with Crippen LogP contribution in [-0.2, 0) is 4.79 Å². The Bertz CT molecular complexity index is 337. The summed E-state index contributed by atoms with van der Waals surface area (Å²) < 4.78 is 0.924. The largest absolute Gasteiger partial charge is 0.481 e. The highest BCUT2D eigenvalue weighted by molar-refractivity contribution is 9.10. The molecular weight excluding hydrogens is 281 g/mol. The zero-order chi connectivity index (χ0) is 10.7. The van der Waals surface area contributed by atoms with Crippen molar-refractivity contribution in [1.82, 2.24) is 0 Å². The summed E-state index contributed by atoms with van der Waals surface area (Å²) in [4.78, 5) is 10.5. The van der Waals surface area contributed by atoms with Crippen molar-refractivity contribution in [3.63, 3.8) is 0 Å². The monoisotopic (exact) mass is 293 g/mol. The van der Waals surface area contributed by atoms with Gasteiger partial charge in [0.25, 0.3) is 0 Å². The summed E-state index contributed by atoms with van der Waals surface area (Å²) in [7, 11) is 0. The number of aliphatic carboxylic acids is 1. The lowest BCUT2D eigenvalue weighted by atomic mass is 10.0. The molecule has 3 N–H and O–H groups in total. The van der Waals surface area contributed by atoms with E-state index in [0.717, 1.165) is 15.6 Å². The molecule has 1 aromatic carbocycles. The first-order valence-corrected chi connectivity index (χ1v) is 5.03. The van der Waals surface area contributed by atoms with E-state index in [4.69, 9.17) is 10.8 Å². The lowest BCUT2D eigenvalue weighted by Crippen LogP contribution is -2.15. The maximum absolute atomic E-state index is 10.5. The number of carboxylic acid groups (broad SMARTS) is 1. The van der Waals surface area contributed by atoms with Gasteiger partial charge in [0.1, 0.15) is 0 Å². The molecule has 1 atom stereocenters. The van der Waals surface area contributed by atoms with Gasteiger partial charge in [0, 0.05) is 10.5 Å². The van der Waals surface area contributed by atoms with Crippen LogP contribution >= 0.6 is 28.3 Å². The summed E-state index contributed by atoms with van der Waals surface area (Å²) in [6.45, 7) is 1.95. The van der Waals surface area contributed by atoms with Crippen LogP contribution in [0.1, 0.15) is 23.6 Å². The van der Waals surface area contributed by atoms with E-state index in [1.807, 2.05) is 25.1 Å². The normalized spacial score (nSPS) is 11.7. The smallest absolute Gasteiger partial charge is 0.305 e. The first-order chi connectivity index (χ1) is 6.49. The summed E-state index contributed by atoms with van der Waals surface area (Å²) in [5.41, 5.74) is 7.64. The van der Waals surface area contributed by atoms with Crippen LogP contribution in [0.25, 0.3) is 0 Å². The standard InChI is InChI=1S/C10H12BrNO2.ClH/c1-6-2-7(4-8(11)3-6)9(12)5-10(13)14;/h2-4,9H,5,12H2,1H3,(H,13,14);1H/t9-;/m0./s1. The average Bonchev–Trinajstić information content (AvgIpc) is 2.00. The van der Waals surface area contributed by atoms with Crippen LogP contribution in [0.3, 0.4) is 0 Å². The summed E-state index contributed by atoms with van der Waals surface area (Å²) in [6.07, 6.45) is -0.0457. The molecule has 1 aromatic rings. The Morgan fingerprint density at radius 3 is 2.60 bits per heavy atom. The van der Waals surface area contributed by atoms with E-state index in [1.165, 1.54) is 0 Å². The van der Waals surface area contributed by atoms with Crippen molar-refractivity contribution in [2.75, 3.05) is 0 Å². The third kappa shape index (κ3) is 4.64. The second-order valence-corrected chi connectivity index (χ2v) is 4.18. The van der Waals surface area contributed by atoms with Crippen molar-refractivity contribution in [2.45, 2.75) is 19.4 Å². The highest BCUT2D eigenvalue weighted by Crippen LogP contribution is 2.21. The third-order valence-corrected chi connectivity index (χ3v) is 2.34. The van der Waals surface area contributed by atoms with Gasteiger partial charge < -0.3 is 10.8 Å². The predicted molar refractivity (Wildman–Crippen MR) is 65.3 cm³/mol. The van der Waals surface area contributed by atoms with Crippen LogP contribution in [0.15, 0.2) is 22.7 Å². The first kappa shape index (κ1) is 14.4. The maximum Gasteiger partial charge on any atom is 0.305 e. The van der Waals surface area contributed by atoms with E-state index >= 15 is 0 Å². The van der Waals surface area contributed by atoms with E-state index in [0.29, 0.717) is 0 Å². The van der Waals surface area contributed by atoms with Crippen molar-refractivity contribution in [3.05, 3.63) is 33.8 Å². The van der Waals surface area contributed by atoms with Crippen LogP contribution in [0.5, 0.6) is 0 Å². The number of aryl methyl sites for hydroxylation is 1. The molecule has 0 radical (unpaired) electrons. The molecule has 0 aliphatic rings. The van der Waals surface area contributed by atoms with E-state index < -0.39 is 12.0 Å². The second kappa shape index (κ2) is 6.10. The summed E-state index contributed by atoms with van der Waals surface area (Å²) in [5, 5.41) is 8.59. The molecule has 0 saturated carbocycles. The quantitative estimate of drug-likeness (QED) is 0.901. The van der Waals surface area contributed by atoms with Gasteiger partial charge in [-0.3, -0.25) is 4.79 Å². The topological polar surface area (TPSA) is 63.3 Å². The lowest BCUT2D eigenvalue weighted by molar-refractivity contribution is -0.137. The Labute approximate surface area is 103 Å². The van der Waals surface area contributed by atoms with Gasteiger partial charge in [-0.1, -0.05) is 22.0 Å². The van der Waals surface area contributed by atoms with E-state index in [-0.39, 0.29) is 18.8 Å². The van der Waals surface area contributed by atoms with Crippen molar-refractivity contribution in [3.8, 4) is 0 Å². The van der Waals surface area contributed by atoms with Crippen LogP contribution in [0.2, 0.25) is 0 Å². The molecule has 0 bridgehead atoms. The zero-order valence-electron chi connectivity index (χ0n) is 8.24. The Morgan fingerprint density at radius 2 is 2.13 bits per heavy atom. The molecule has 0 amide bonds. The molecule has 0 aliphatic heterocycles. The number of carboxylic acids is 1. The van der Waals surface area contributed by atoms with Gasteiger partial charge in [0.15, 0.2) is 0 Å². The fourth-order valence-corrected chi connectivity index (χ4v) is 1.91. The number of hydrogen-bond acceptors (Lipinski definition) is 2. The number of benzene rings is 1. The molecule has 0 spiro atoms. The highest BCUT2D eigenvalue weighted by Gasteiger charge is 2.11. The summed E-state index contributed by atoms with van der Waals surface area (Å²) >= 11 is 3.34. The number of nitrogens with two attached hydrogens (primary N) is 1. The fraction of sp³-hybridized carbons (Fsp3) is 0.300. The second-order valence-electron chi connectivity index (χ2n) is 3.27. The molecule has 0 aromatic heterocycles. The van der Waals surface area contributed by atoms with E-state index in [9.17, 15) is 4.79 Å². The van der Waals surface area contributed by atoms with Crippen LogP contribution < -0.4 is 5.73 Å². The minimum Gasteiger partial charge on any atom is -0.481 e. The number of rotatable bonds is 3. The van der Waals surface area contributed by atoms with Gasteiger partial charge in [0.05, 0.1) is 6.42 Å². The third-order valence-electron chi connectivity index (χ3n) is 1.89. The van der Waals surface area contributed by atoms with Crippen LogP contribution in [0.4, 0.5) is 0 Å².